The van der Waals surface area contributed by atoms with Gasteiger partial charge in [0, 0.05) is 24.7 Å². The lowest BCUT2D eigenvalue weighted by Gasteiger charge is -2.44. The molecule has 3 rings (SSSR count). The van der Waals surface area contributed by atoms with Gasteiger partial charge in [0.05, 0.1) is 4.92 Å². The molecule has 4 heteroatoms. The van der Waals surface area contributed by atoms with Crippen LogP contribution in [0.25, 0.3) is 0 Å². The highest BCUT2D eigenvalue weighted by Crippen LogP contribution is 2.36. The summed E-state index contributed by atoms with van der Waals surface area (Å²) >= 11 is 0. The van der Waals surface area contributed by atoms with Crippen LogP contribution >= 0.6 is 0 Å². The molecule has 1 heterocycles. The van der Waals surface area contributed by atoms with Gasteiger partial charge in [-0.25, -0.2) is 0 Å². The van der Waals surface area contributed by atoms with Gasteiger partial charge in [0.15, 0.2) is 0 Å². The second kappa shape index (κ2) is 5.92. The predicted octanol–water partition coefficient (Wildman–Crippen LogP) is 3.75. The van der Waals surface area contributed by atoms with Crippen LogP contribution in [0.3, 0.4) is 0 Å². The van der Waals surface area contributed by atoms with Crippen molar-refractivity contribution in [2.24, 2.45) is 5.92 Å². The van der Waals surface area contributed by atoms with Gasteiger partial charge in [-0.2, -0.15) is 0 Å². The highest BCUT2D eigenvalue weighted by molar-refractivity contribution is 5.34. The number of benzene rings is 1. The van der Waals surface area contributed by atoms with E-state index in [9.17, 15) is 10.1 Å². The van der Waals surface area contributed by atoms with E-state index in [0.29, 0.717) is 6.04 Å². The summed E-state index contributed by atoms with van der Waals surface area (Å²) < 4.78 is 0. The first-order valence-corrected chi connectivity index (χ1v) is 7.71. The highest BCUT2D eigenvalue weighted by atomic mass is 16.6. The Morgan fingerprint density at radius 2 is 2.00 bits per heavy atom. The Balaban J connectivity index is 1.72. The van der Waals surface area contributed by atoms with Crippen molar-refractivity contribution >= 4 is 5.69 Å². The first-order chi connectivity index (χ1) is 9.74. The van der Waals surface area contributed by atoms with Crippen molar-refractivity contribution in [3.05, 3.63) is 39.9 Å². The van der Waals surface area contributed by atoms with Crippen molar-refractivity contribution in [1.29, 1.82) is 0 Å². The minimum Gasteiger partial charge on any atom is -0.296 e. The summed E-state index contributed by atoms with van der Waals surface area (Å²) in [4.78, 5) is 13.1. The monoisotopic (exact) mass is 274 g/mol. The van der Waals surface area contributed by atoms with Crippen molar-refractivity contribution in [3.63, 3.8) is 0 Å². The van der Waals surface area contributed by atoms with Crippen LogP contribution in [0.15, 0.2) is 24.3 Å². The average molecular weight is 274 g/mol. The van der Waals surface area contributed by atoms with E-state index in [1.807, 2.05) is 6.07 Å². The van der Waals surface area contributed by atoms with Crippen LogP contribution in [-0.2, 0) is 6.54 Å². The second-order valence-electron chi connectivity index (χ2n) is 6.15. The summed E-state index contributed by atoms with van der Waals surface area (Å²) in [6, 6.07) is 7.82. The number of fused-ring (bicyclic) bond motifs is 1. The number of likely N-dealkylation sites (tertiary alicyclic amines) is 1. The smallest absolute Gasteiger partial charge is 0.269 e. The van der Waals surface area contributed by atoms with Crippen molar-refractivity contribution in [1.82, 2.24) is 4.90 Å². The molecule has 0 radical (unpaired) electrons. The third-order valence-corrected chi connectivity index (χ3v) is 4.87. The van der Waals surface area contributed by atoms with Crippen LogP contribution in [0.4, 0.5) is 5.69 Å². The molecule has 0 spiro atoms. The molecule has 0 unspecified atom stereocenters. The number of rotatable bonds is 3. The van der Waals surface area contributed by atoms with Crippen LogP contribution in [-0.4, -0.2) is 22.4 Å². The summed E-state index contributed by atoms with van der Waals surface area (Å²) in [5.74, 6) is 0.858. The zero-order valence-corrected chi connectivity index (χ0v) is 11.8. The number of nitrogens with zero attached hydrogens (tertiary/aromatic N) is 2. The van der Waals surface area contributed by atoms with Gasteiger partial charge in [0.2, 0.25) is 0 Å². The van der Waals surface area contributed by atoms with Gasteiger partial charge in [0.25, 0.3) is 5.69 Å². The standard InChI is InChI=1S/C16H22N2O2/c19-18(20)15-8-3-5-13(11-15)12-17-10-4-7-14-6-1-2-9-16(14)17/h3,5,8,11,14,16H,1-2,4,6-7,9-10,12H2/t14-,16+/m0/s1. The van der Waals surface area contributed by atoms with E-state index < -0.39 is 0 Å². The molecule has 0 bridgehead atoms. The van der Waals surface area contributed by atoms with E-state index in [1.54, 1.807) is 18.2 Å². The van der Waals surface area contributed by atoms with Crippen molar-refractivity contribution in [2.75, 3.05) is 6.54 Å². The fourth-order valence-electron chi connectivity index (χ4n) is 3.93. The topological polar surface area (TPSA) is 46.4 Å². The third-order valence-electron chi connectivity index (χ3n) is 4.87. The molecule has 20 heavy (non-hydrogen) atoms. The van der Waals surface area contributed by atoms with Crippen molar-refractivity contribution in [3.8, 4) is 0 Å². The van der Waals surface area contributed by atoms with Crippen LogP contribution in [0.2, 0.25) is 0 Å². The molecule has 2 aliphatic rings. The number of non-ortho nitro benzene ring substituents is 1. The highest BCUT2D eigenvalue weighted by Gasteiger charge is 2.32. The minimum atomic E-state index is -0.302. The van der Waals surface area contributed by atoms with Gasteiger partial charge in [-0.05, 0) is 43.7 Å². The van der Waals surface area contributed by atoms with E-state index in [-0.39, 0.29) is 10.6 Å². The van der Waals surface area contributed by atoms with E-state index in [2.05, 4.69) is 4.90 Å². The van der Waals surface area contributed by atoms with Gasteiger partial charge in [-0.15, -0.1) is 0 Å². The Bertz CT molecular complexity index is 487. The van der Waals surface area contributed by atoms with Crippen LogP contribution in [0.1, 0.15) is 44.1 Å². The maximum Gasteiger partial charge on any atom is 0.269 e. The number of hydrogen-bond donors (Lipinski definition) is 0. The SMILES string of the molecule is O=[N+]([O-])c1cccc(CN2CCC[C@@H]3CCCC[C@H]32)c1. The second-order valence-corrected chi connectivity index (χ2v) is 6.15. The third kappa shape index (κ3) is 2.85. The molecule has 108 valence electrons. The number of nitro benzene ring substituents is 1. The summed E-state index contributed by atoms with van der Waals surface area (Å²) in [6.07, 6.45) is 8.04. The molecular formula is C16H22N2O2. The molecule has 1 saturated heterocycles. The molecule has 2 fully saturated rings. The molecule has 1 aromatic rings. The maximum absolute atomic E-state index is 10.9. The summed E-state index contributed by atoms with van der Waals surface area (Å²) in [5.41, 5.74) is 1.28. The van der Waals surface area contributed by atoms with Crippen LogP contribution < -0.4 is 0 Å². The molecule has 1 aliphatic heterocycles. The fraction of sp³-hybridized carbons (Fsp3) is 0.625. The molecule has 0 N–H and O–H groups in total. The molecule has 4 nitrogen and oxygen atoms in total. The number of nitro groups is 1. The van der Waals surface area contributed by atoms with Gasteiger partial charge in [-0.1, -0.05) is 25.0 Å². The van der Waals surface area contributed by atoms with Gasteiger partial charge in [-0.3, -0.25) is 15.0 Å². The van der Waals surface area contributed by atoms with Gasteiger partial charge < -0.3 is 0 Å². The predicted molar refractivity (Wildman–Crippen MR) is 78.5 cm³/mol. The number of hydrogen-bond acceptors (Lipinski definition) is 3. The van der Waals surface area contributed by atoms with Gasteiger partial charge >= 0.3 is 0 Å². The summed E-state index contributed by atoms with van der Waals surface area (Å²) in [6.45, 7) is 2.01. The summed E-state index contributed by atoms with van der Waals surface area (Å²) in [5, 5.41) is 10.9. The fourth-order valence-corrected chi connectivity index (χ4v) is 3.93. The Kier molecular flexibility index (Phi) is 4.01. The van der Waals surface area contributed by atoms with Crippen molar-refractivity contribution in [2.45, 2.75) is 51.1 Å². The lowest BCUT2D eigenvalue weighted by Crippen LogP contribution is -2.46. The van der Waals surface area contributed by atoms with Crippen LogP contribution in [0, 0.1) is 16.0 Å². The molecule has 0 aromatic heterocycles. The molecule has 1 saturated carbocycles. The lowest BCUT2D eigenvalue weighted by molar-refractivity contribution is -0.384. The molecule has 0 amide bonds. The first kappa shape index (κ1) is 13.6. The summed E-state index contributed by atoms with van der Waals surface area (Å²) in [7, 11) is 0. The van der Waals surface area contributed by atoms with E-state index in [0.717, 1.165) is 24.6 Å². The molecule has 2 atom stereocenters. The molecular weight excluding hydrogens is 252 g/mol. The van der Waals surface area contributed by atoms with Crippen LogP contribution in [0.5, 0.6) is 0 Å². The Hall–Kier alpha value is -1.42. The van der Waals surface area contributed by atoms with E-state index in [4.69, 9.17) is 0 Å². The lowest BCUT2D eigenvalue weighted by atomic mass is 9.78. The van der Waals surface area contributed by atoms with Gasteiger partial charge in [0.1, 0.15) is 0 Å². The average Bonchev–Trinajstić information content (AvgIpc) is 2.48. The minimum absolute atomic E-state index is 0.208. The normalized spacial score (nSPS) is 27.0. The van der Waals surface area contributed by atoms with Crippen molar-refractivity contribution < 1.29 is 4.92 Å². The van der Waals surface area contributed by atoms with E-state index in [1.165, 1.54) is 38.5 Å². The first-order valence-electron chi connectivity index (χ1n) is 7.71. The Morgan fingerprint density at radius 3 is 2.85 bits per heavy atom. The zero-order chi connectivity index (χ0) is 13.9. The zero-order valence-electron chi connectivity index (χ0n) is 11.8. The largest absolute Gasteiger partial charge is 0.296 e. The maximum atomic E-state index is 10.9. The quantitative estimate of drug-likeness (QED) is 0.623. The Labute approximate surface area is 119 Å². The van der Waals surface area contributed by atoms with E-state index >= 15 is 0 Å². The number of piperidine rings is 1. The molecule has 1 aliphatic carbocycles. The Morgan fingerprint density at radius 1 is 1.20 bits per heavy atom. The molecule has 1 aromatic carbocycles.